The zero-order valence-corrected chi connectivity index (χ0v) is 13.8. The predicted octanol–water partition coefficient (Wildman–Crippen LogP) is -1.87. The van der Waals surface area contributed by atoms with Crippen LogP contribution in [0.1, 0.15) is 13.3 Å². The number of anilines is 1. The molecular formula is C17H25N3O3+2. The summed E-state index contributed by atoms with van der Waals surface area (Å²) in [5, 5.41) is 0. The summed E-state index contributed by atoms with van der Waals surface area (Å²) in [4.78, 5) is 29.3. The fraction of sp³-hybridized carbons (Fsp3) is 0.529. The van der Waals surface area contributed by atoms with E-state index in [9.17, 15) is 9.59 Å². The van der Waals surface area contributed by atoms with Crippen LogP contribution in [0.25, 0.3) is 0 Å². The molecule has 0 radical (unpaired) electrons. The van der Waals surface area contributed by atoms with Crippen LogP contribution in [0.5, 0.6) is 5.75 Å². The molecular weight excluding hydrogens is 294 g/mol. The number of hydrogen-bond acceptors (Lipinski definition) is 3. The second-order valence-electron chi connectivity index (χ2n) is 6.37. The van der Waals surface area contributed by atoms with Gasteiger partial charge in [0.05, 0.1) is 25.8 Å². The molecule has 0 saturated carbocycles. The van der Waals surface area contributed by atoms with E-state index in [2.05, 4.69) is 7.05 Å². The van der Waals surface area contributed by atoms with Gasteiger partial charge in [0.2, 0.25) is 5.91 Å². The second-order valence-corrected chi connectivity index (χ2v) is 6.37. The summed E-state index contributed by atoms with van der Waals surface area (Å²) in [5.74, 6) is 0.509. The molecule has 0 spiro atoms. The van der Waals surface area contributed by atoms with E-state index in [1.54, 1.807) is 12.1 Å². The smallest absolute Gasteiger partial charge is 0.292 e. The van der Waals surface area contributed by atoms with Crippen molar-refractivity contribution in [2.75, 3.05) is 44.7 Å². The Labute approximate surface area is 136 Å². The van der Waals surface area contributed by atoms with Crippen molar-refractivity contribution in [3.8, 4) is 5.75 Å². The maximum Gasteiger partial charge on any atom is 0.292 e. The standard InChI is InChI=1S/C17H23N3O3/c1-3-23-14-6-4-5-13(11-14)20-16(21)12-15(17(20)22)19-9-7-18(2)8-10-19/h4-6,11,15H,3,7-10,12H2,1-2H3/p+2. The minimum absolute atomic E-state index is 0.0711. The Kier molecular flexibility index (Phi) is 4.63. The van der Waals surface area contributed by atoms with Gasteiger partial charge in [-0.2, -0.15) is 0 Å². The highest BCUT2D eigenvalue weighted by Gasteiger charge is 2.46. The van der Waals surface area contributed by atoms with Gasteiger partial charge in [-0.15, -0.1) is 0 Å². The molecule has 6 nitrogen and oxygen atoms in total. The minimum atomic E-state index is -0.230. The summed E-state index contributed by atoms with van der Waals surface area (Å²) >= 11 is 0. The predicted molar refractivity (Wildman–Crippen MR) is 85.8 cm³/mol. The summed E-state index contributed by atoms with van der Waals surface area (Å²) in [6.07, 6.45) is 0.312. The lowest BCUT2D eigenvalue weighted by atomic mass is 10.2. The number of likely N-dealkylation sites (N-methyl/N-ethyl adjacent to an activating group) is 1. The molecule has 1 aromatic rings. The average Bonchev–Trinajstić information content (AvgIpc) is 2.83. The van der Waals surface area contributed by atoms with E-state index in [4.69, 9.17) is 4.74 Å². The number of nitrogens with one attached hydrogen (secondary N) is 2. The van der Waals surface area contributed by atoms with Crippen LogP contribution in [0.3, 0.4) is 0 Å². The van der Waals surface area contributed by atoms with Gasteiger partial charge in [-0.25, -0.2) is 4.90 Å². The number of nitrogens with zero attached hydrogens (tertiary/aromatic N) is 1. The van der Waals surface area contributed by atoms with E-state index in [0.717, 1.165) is 26.2 Å². The topological polar surface area (TPSA) is 55.5 Å². The van der Waals surface area contributed by atoms with Gasteiger partial charge >= 0.3 is 0 Å². The third-order valence-electron chi connectivity index (χ3n) is 4.77. The van der Waals surface area contributed by atoms with Gasteiger partial charge in [0.1, 0.15) is 31.9 Å². The Hall–Kier alpha value is -1.92. The number of quaternary nitrogens is 2. The average molecular weight is 319 g/mol. The van der Waals surface area contributed by atoms with Gasteiger partial charge in [0.25, 0.3) is 5.91 Å². The molecule has 2 aliphatic heterocycles. The van der Waals surface area contributed by atoms with E-state index >= 15 is 0 Å². The van der Waals surface area contributed by atoms with Crippen molar-refractivity contribution in [3.05, 3.63) is 24.3 Å². The molecule has 3 rings (SSSR count). The highest BCUT2D eigenvalue weighted by atomic mass is 16.5. The minimum Gasteiger partial charge on any atom is -0.494 e. The van der Waals surface area contributed by atoms with Gasteiger partial charge in [0, 0.05) is 6.07 Å². The second kappa shape index (κ2) is 6.68. The van der Waals surface area contributed by atoms with Crippen LogP contribution in [0.4, 0.5) is 5.69 Å². The molecule has 6 heteroatoms. The van der Waals surface area contributed by atoms with Crippen LogP contribution in [0.15, 0.2) is 24.3 Å². The maximum atomic E-state index is 12.8. The number of piperazine rings is 1. The fourth-order valence-electron chi connectivity index (χ4n) is 3.45. The Morgan fingerprint density at radius 2 is 1.96 bits per heavy atom. The summed E-state index contributed by atoms with van der Waals surface area (Å²) < 4.78 is 5.47. The first-order chi connectivity index (χ1) is 11.1. The molecule has 1 aromatic carbocycles. The summed E-state index contributed by atoms with van der Waals surface area (Å²) in [6.45, 7) is 6.46. The van der Waals surface area contributed by atoms with Crippen LogP contribution >= 0.6 is 0 Å². The molecule has 2 N–H and O–H groups in total. The largest absolute Gasteiger partial charge is 0.494 e. The summed E-state index contributed by atoms with van der Waals surface area (Å²) in [6, 6.07) is 6.99. The summed E-state index contributed by atoms with van der Waals surface area (Å²) in [5.41, 5.74) is 0.618. The molecule has 1 atom stereocenters. The van der Waals surface area contributed by atoms with E-state index in [0.29, 0.717) is 24.5 Å². The summed E-state index contributed by atoms with van der Waals surface area (Å²) in [7, 11) is 2.17. The van der Waals surface area contributed by atoms with Crippen molar-refractivity contribution < 1.29 is 24.1 Å². The first-order valence-corrected chi connectivity index (χ1v) is 8.35. The lowest BCUT2D eigenvalue weighted by molar-refractivity contribution is -1.01. The Morgan fingerprint density at radius 3 is 2.65 bits per heavy atom. The fourth-order valence-corrected chi connectivity index (χ4v) is 3.45. The third kappa shape index (κ3) is 3.23. The van der Waals surface area contributed by atoms with Crippen LogP contribution in [-0.2, 0) is 9.59 Å². The van der Waals surface area contributed by atoms with Crippen molar-refractivity contribution >= 4 is 17.5 Å². The van der Waals surface area contributed by atoms with Crippen LogP contribution in [0.2, 0.25) is 0 Å². The zero-order chi connectivity index (χ0) is 16.4. The first-order valence-electron chi connectivity index (χ1n) is 8.35. The number of carbonyl (C=O) groups excluding carboxylic acids is 2. The lowest BCUT2D eigenvalue weighted by Crippen LogP contribution is -3.29. The number of benzene rings is 1. The van der Waals surface area contributed by atoms with Gasteiger partial charge in [0.15, 0.2) is 6.04 Å². The van der Waals surface area contributed by atoms with Crippen LogP contribution in [-0.4, -0.2) is 57.7 Å². The molecule has 23 heavy (non-hydrogen) atoms. The highest BCUT2D eigenvalue weighted by Crippen LogP contribution is 2.25. The number of imide groups is 1. The van der Waals surface area contributed by atoms with Crippen molar-refractivity contribution in [1.82, 2.24) is 0 Å². The molecule has 2 amide bonds. The van der Waals surface area contributed by atoms with E-state index in [1.165, 1.54) is 14.7 Å². The van der Waals surface area contributed by atoms with Crippen molar-refractivity contribution in [3.63, 3.8) is 0 Å². The van der Waals surface area contributed by atoms with E-state index in [1.807, 2.05) is 19.1 Å². The number of ether oxygens (including phenoxy) is 1. The highest BCUT2D eigenvalue weighted by molar-refractivity contribution is 6.21. The van der Waals surface area contributed by atoms with Gasteiger partial charge < -0.3 is 14.5 Å². The monoisotopic (exact) mass is 319 g/mol. The SMILES string of the molecule is CCOc1cccc(N2C(=O)CC([NH+]3CC[NH+](C)CC3)C2=O)c1. The van der Waals surface area contributed by atoms with Gasteiger partial charge in [-0.3, -0.25) is 9.59 Å². The van der Waals surface area contributed by atoms with E-state index < -0.39 is 0 Å². The maximum absolute atomic E-state index is 12.8. The zero-order valence-electron chi connectivity index (χ0n) is 13.8. The molecule has 2 fully saturated rings. The number of hydrogen-bond donors (Lipinski definition) is 2. The first kappa shape index (κ1) is 16.0. The molecule has 2 saturated heterocycles. The molecule has 0 aromatic heterocycles. The van der Waals surface area contributed by atoms with Crippen molar-refractivity contribution in [1.29, 1.82) is 0 Å². The normalized spacial score (nSPS) is 28.3. The number of amides is 2. The Balaban J connectivity index is 1.77. The molecule has 0 bridgehead atoms. The lowest BCUT2D eigenvalue weighted by Gasteiger charge is -2.30. The van der Waals surface area contributed by atoms with Crippen molar-refractivity contribution in [2.24, 2.45) is 0 Å². The Morgan fingerprint density at radius 1 is 1.22 bits per heavy atom. The quantitative estimate of drug-likeness (QED) is 0.640. The molecule has 2 aliphatic rings. The molecule has 0 aliphatic carbocycles. The number of carbonyl (C=O) groups is 2. The molecule has 1 unspecified atom stereocenters. The Bertz CT molecular complexity index is 597. The number of rotatable bonds is 4. The molecule has 124 valence electrons. The van der Waals surface area contributed by atoms with Crippen LogP contribution < -0.4 is 19.4 Å². The van der Waals surface area contributed by atoms with Crippen LogP contribution in [0, 0.1) is 0 Å². The van der Waals surface area contributed by atoms with Crippen molar-refractivity contribution in [2.45, 2.75) is 19.4 Å². The van der Waals surface area contributed by atoms with Gasteiger partial charge in [-0.1, -0.05) is 6.07 Å². The van der Waals surface area contributed by atoms with E-state index in [-0.39, 0.29) is 17.9 Å². The molecule has 2 heterocycles. The van der Waals surface area contributed by atoms with Gasteiger partial charge in [-0.05, 0) is 19.1 Å². The third-order valence-corrected chi connectivity index (χ3v) is 4.77.